The van der Waals surface area contributed by atoms with Crippen molar-refractivity contribution in [2.45, 2.75) is 18.8 Å². The maximum atomic E-state index is 12.2. The lowest BCUT2D eigenvalue weighted by molar-refractivity contribution is 0.0959. The minimum atomic E-state index is 0.0383. The van der Waals surface area contributed by atoms with Crippen molar-refractivity contribution in [2.24, 2.45) is 0 Å². The van der Waals surface area contributed by atoms with Crippen molar-refractivity contribution in [3.8, 4) is 0 Å². The second kappa shape index (κ2) is 4.81. The molecule has 1 unspecified atom stereocenters. The third kappa shape index (κ3) is 2.22. The van der Waals surface area contributed by atoms with Crippen molar-refractivity contribution in [3.63, 3.8) is 0 Å². The molecule has 0 saturated carbocycles. The number of fused-ring (bicyclic) bond motifs is 1. The van der Waals surface area contributed by atoms with Gasteiger partial charge in [-0.05, 0) is 11.5 Å². The number of carbonyl (C=O) groups is 2. The van der Waals surface area contributed by atoms with Gasteiger partial charge >= 0.3 is 0 Å². The van der Waals surface area contributed by atoms with Gasteiger partial charge in [-0.15, -0.1) is 0 Å². The highest BCUT2D eigenvalue weighted by Gasteiger charge is 2.30. The predicted molar refractivity (Wildman–Crippen MR) is 73.5 cm³/mol. The first-order chi connectivity index (χ1) is 9.25. The van der Waals surface area contributed by atoms with Crippen molar-refractivity contribution < 1.29 is 9.59 Å². The number of carbonyl (C=O) groups excluding carboxylic acids is 2. The largest absolute Gasteiger partial charge is 0.294 e. The first kappa shape index (κ1) is 11.8. The highest BCUT2D eigenvalue weighted by Crippen LogP contribution is 2.35. The molecule has 2 nitrogen and oxygen atoms in total. The number of rotatable bonds is 3. The van der Waals surface area contributed by atoms with Gasteiger partial charge in [-0.2, -0.15) is 0 Å². The number of hydrogen-bond donors (Lipinski definition) is 0. The molecule has 0 heterocycles. The van der Waals surface area contributed by atoms with Gasteiger partial charge in [0.05, 0.1) is 0 Å². The molecule has 0 aliphatic heterocycles. The molecule has 1 aliphatic rings. The highest BCUT2D eigenvalue weighted by atomic mass is 16.1. The molecule has 0 saturated heterocycles. The Morgan fingerprint density at radius 3 is 2.47 bits per heavy atom. The van der Waals surface area contributed by atoms with Gasteiger partial charge in [0.2, 0.25) is 0 Å². The molecule has 19 heavy (non-hydrogen) atoms. The zero-order valence-electron chi connectivity index (χ0n) is 10.5. The molecule has 2 aromatic rings. The van der Waals surface area contributed by atoms with Crippen LogP contribution in [0.1, 0.15) is 45.0 Å². The fourth-order valence-corrected chi connectivity index (χ4v) is 2.70. The Kier molecular flexibility index (Phi) is 3.00. The topological polar surface area (TPSA) is 34.1 Å². The maximum absolute atomic E-state index is 12.2. The van der Waals surface area contributed by atoms with E-state index in [1.807, 2.05) is 54.6 Å². The van der Waals surface area contributed by atoms with Crippen LogP contribution in [-0.4, -0.2) is 11.6 Å². The van der Waals surface area contributed by atoms with Crippen LogP contribution in [0.3, 0.4) is 0 Å². The van der Waals surface area contributed by atoms with Crippen molar-refractivity contribution in [2.75, 3.05) is 0 Å². The van der Waals surface area contributed by atoms with Gasteiger partial charge in [-0.1, -0.05) is 54.6 Å². The van der Waals surface area contributed by atoms with Crippen LogP contribution in [-0.2, 0) is 0 Å². The van der Waals surface area contributed by atoms with E-state index in [0.29, 0.717) is 12.8 Å². The Hall–Kier alpha value is -2.22. The smallest absolute Gasteiger partial charge is 0.163 e. The third-order valence-electron chi connectivity index (χ3n) is 3.66. The molecule has 2 heteroatoms. The van der Waals surface area contributed by atoms with Crippen molar-refractivity contribution >= 4 is 11.6 Å². The number of benzene rings is 2. The van der Waals surface area contributed by atoms with Crippen LogP contribution in [0.15, 0.2) is 54.6 Å². The van der Waals surface area contributed by atoms with Crippen molar-refractivity contribution in [1.29, 1.82) is 0 Å². The molecule has 0 bridgehead atoms. The molecule has 0 spiro atoms. The Bertz CT molecular complexity index is 629. The van der Waals surface area contributed by atoms with Crippen LogP contribution in [0.2, 0.25) is 0 Å². The summed E-state index contributed by atoms with van der Waals surface area (Å²) in [5.74, 6) is 0.299. The first-order valence-corrected chi connectivity index (χ1v) is 6.46. The van der Waals surface area contributed by atoms with Crippen LogP contribution in [0.4, 0.5) is 0 Å². The summed E-state index contributed by atoms with van der Waals surface area (Å²) in [6.45, 7) is 0. The van der Waals surface area contributed by atoms with E-state index in [9.17, 15) is 9.59 Å². The van der Waals surface area contributed by atoms with E-state index in [-0.39, 0.29) is 17.5 Å². The number of hydrogen-bond acceptors (Lipinski definition) is 2. The lowest BCUT2D eigenvalue weighted by atomic mass is 9.93. The van der Waals surface area contributed by atoms with Crippen molar-refractivity contribution in [3.05, 3.63) is 71.3 Å². The molecular weight excluding hydrogens is 236 g/mol. The Morgan fingerprint density at radius 1 is 1.00 bits per heavy atom. The van der Waals surface area contributed by atoms with Gasteiger partial charge < -0.3 is 0 Å². The molecule has 0 fully saturated rings. The van der Waals surface area contributed by atoms with Crippen LogP contribution < -0.4 is 0 Å². The molecule has 0 radical (unpaired) electrons. The molecular formula is C17H14O2. The standard InChI is InChI=1S/C17H14O2/c18-16(12-6-2-1-3-7-12)10-13-11-17(19)15-9-5-4-8-14(13)15/h1-9,13H,10-11H2. The SMILES string of the molecule is O=C(CC1CC(=O)c2ccccc21)c1ccccc1. The highest BCUT2D eigenvalue weighted by molar-refractivity contribution is 6.03. The monoisotopic (exact) mass is 250 g/mol. The fourth-order valence-electron chi connectivity index (χ4n) is 2.70. The van der Waals surface area contributed by atoms with Crippen molar-refractivity contribution in [1.82, 2.24) is 0 Å². The molecule has 1 atom stereocenters. The molecule has 3 rings (SSSR count). The Balaban J connectivity index is 1.83. The average Bonchev–Trinajstić information content (AvgIpc) is 2.77. The summed E-state index contributed by atoms with van der Waals surface area (Å²) in [6, 6.07) is 16.9. The summed E-state index contributed by atoms with van der Waals surface area (Å²) < 4.78 is 0. The summed E-state index contributed by atoms with van der Waals surface area (Å²) in [7, 11) is 0. The van der Waals surface area contributed by atoms with Gasteiger partial charge in [-0.25, -0.2) is 0 Å². The maximum Gasteiger partial charge on any atom is 0.163 e. The molecule has 94 valence electrons. The minimum Gasteiger partial charge on any atom is -0.294 e. The van der Waals surface area contributed by atoms with E-state index in [4.69, 9.17) is 0 Å². The zero-order chi connectivity index (χ0) is 13.2. The molecule has 2 aromatic carbocycles. The quantitative estimate of drug-likeness (QED) is 0.779. The Morgan fingerprint density at radius 2 is 1.68 bits per heavy atom. The second-order valence-corrected chi connectivity index (χ2v) is 4.90. The predicted octanol–water partition coefficient (Wildman–Crippen LogP) is 3.63. The third-order valence-corrected chi connectivity index (χ3v) is 3.66. The van der Waals surface area contributed by atoms with E-state index >= 15 is 0 Å². The van der Waals surface area contributed by atoms with Gasteiger partial charge in [0.1, 0.15) is 0 Å². The second-order valence-electron chi connectivity index (χ2n) is 4.90. The van der Waals surface area contributed by atoms with E-state index in [1.54, 1.807) is 0 Å². The van der Waals surface area contributed by atoms with E-state index < -0.39 is 0 Å². The number of ketones is 2. The fraction of sp³-hybridized carbons (Fsp3) is 0.176. The van der Waals surface area contributed by atoms with E-state index in [1.165, 1.54) is 0 Å². The van der Waals surface area contributed by atoms with Crippen LogP contribution in [0.25, 0.3) is 0 Å². The summed E-state index contributed by atoms with van der Waals surface area (Å²) in [5.41, 5.74) is 2.53. The van der Waals surface area contributed by atoms with Gasteiger partial charge in [-0.3, -0.25) is 9.59 Å². The van der Waals surface area contributed by atoms with Gasteiger partial charge in [0, 0.05) is 24.0 Å². The molecule has 0 amide bonds. The zero-order valence-corrected chi connectivity index (χ0v) is 10.5. The van der Waals surface area contributed by atoms with Crippen LogP contribution >= 0.6 is 0 Å². The normalized spacial score (nSPS) is 17.3. The Labute approximate surface area is 112 Å². The average molecular weight is 250 g/mol. The van der Waals surface area contributed by atoms with Crippen LogP contribution in [0.5, 0.6) is 0 Å². The number of Topliss-reactive ketones (excluding diaryl/α,β-unsaturated/α-hetero) is 2. The van der Waals surface area contributed by atoms with E-state index in [2.05, 4.69) is 0 Å². The summed E-state index contributed by atoms with van der Waals surface area (Å²) in [6.07, 6.45) is 0.866. The summed E-state index contributed by atoms with van der Waals surface area (Å²) in [5, 5.41) is 0. The molecule has 0 aromatic heterocycles. The van der Waals surface area contributed by atoms with Gasteiger partial charge in [0.15, 0.2) is 11.6 Å². The molecule has 1 aliphatic carbocycles. The molecule has 0 N–H and O–H groups in total. The summed E-state index contributed by atoms with van der Waals surface area (Å²) in [4.78, 5) is 24.1. The lowest BCUT2D eigenvalue weighted by Gasteiger charge is -2.09. The van der Waals surface area contributed by atoms with Gasteiger partial charge in [0.25, 0.3) is 0 Å². The summed E-state index contributed by atoms with van der Waals surface area (Å²) >= 11 is 0. The minimum absolute atomic E-state index is 0.0383. The first-order valence-electron chi connectivity index (χ1n) is 6.46. The lowest BCUT2D eigenvalue weighted by Crippen LogP contribution is -2.05. The van der Waals surface area contributed by atoms with E-state index in [0.717, 1.165) is 16.7 Å². The van der Waals surface area contributed by atoms with Crippen LogP contribution in [0, 0.1) is 0 Å².